The molecule has 1 aromatic carbocycles. The minimum Gasteiger partial charge on any atom is -0.489 e. The van der Waals surface area contributed by atoms with Crippen LogP contribution in [-0.4, -0.2) is 37.7 Å². The van der Waals surface area contributed by atoms with E-state index in [0.29, 0.717) is 19.7 Å². The second-order valence-corrected chi connectivity index (χ2v) is 7.41. The van der Waals surface area contributed by atoms with Gasteiger partial charge in [0.2, 0.25) is 0 Å². The number of hydrogen-bond acceptors (Lipinski definition) is 4. The smallest absolute Gasteiger partial charge is 0.191 e. The fraction of sp³-hybridized carbons (Fsp3) is 0.417. The Balaban J connectivity index is 1.50. The molecule has 0 saturated carbocycles. The molecule has 0 amide bonds. The molecule has 6 heteroatoms. The van der Waals surface area contributed by atoms with Gasteiger partial charge in [-0.25, -0.2) is 4.98 Å². The fourth-order valence-corrected chi connectivity index (χ4v) is 3.53. The molecule has 0 unspecified atom stereocenters. The van der Waals surface area contributed by atoms with E-state index < -0.39 is 0 Å². The number of benzene rings is 1. The van der Waals surface area contributed by atoms with Gasteiger partial charge in [0, 0.05) is 45.0 Å². The second kappa shape index (κ2) is 11.9. The van der Waals surface area contributed by atoms with Crippen LogP contribution in [0.25, 0.3) is 0 Å². The molecule has 0 atom stereocenters. The Morgan fingerprint density at radius 2 is 1.87 bits per heavy atom. The third kappa shape index (κ3) is 6.51. The van der Waals surface area contributed by atoms with Gasteiger partial charge in [0.1, 0.15) is 18.2 Å². The summed E-state index contributed by atoms with van der Waals surface area (Å²) in [5.74, 6) is 2.68. The molecule has 0 aliphatic carbocycles. The molecule has 1 aromatic heterocycles. The zero-order valence-corrected chi connectivity index (χ0v) is 17.9. The maximum atomic E-state index is 5.72. The monoisotopic (exact) mass is 407 g/mol. The van der Waals surface area contributed by atoms with E-state index in [4.69, 9.17) is 4.74 Å². The van der Waals surface area contributed by atoms with Crippen molar-refractivity contribution in [1.82, 2.24) is 15.6 Å². The van der Waals surface area contributed by atoms with E-state index in [1.165, 1.54) is 25.7 Å². The molecule has 6 nitrogen and oxygen atoms in total. The lowest BCUT2D eigenvalue weighted by molar-refractivity contribution is 0.358. The van der Waals surface area contributed by atoms with E-state index >= 15 is 0 Å². The van der Waals surface area contributed by atoms with Gasteiger partial charge < -0.3 is 20.3 Å². The molecule has 2 N–H and O–H groups in total. The highest BCUT2D eigenvalue weighted by Crippen LogP contribution is 2.18. The Morgan fingerprint density at radius 3 is 2.57 bits per heavy atom. The van der Waals surface area contributed by atoms with Crippen LogP contribution >= 0.6 is 0 Å². The van der Waals surface area contributed by atoms with Crippen LogP contribution in [0.3, 0.4) is 0 Å². The Labute approximate surface area is 180 Å². The standard InChI is InChI=1S/C24H33N5O/c1-3-16-30-22-11-7-6-10-21(22)19-28-24(25-2)27-18-20-12-13-23(26-17-20)29-14-8-4-5-9-15-29/h3,6-7,10-13,17H,1,4-5,8-9,14-16,18-19H2,2H3,(H2,25,27,28). The van der Waals surface area contributed by atoms with E-state index in [-0.39, 0.29) is 0 Å². The lowest BCUT2D eigenvalue weighted by Crippen LogP contribution is -2.36. The maximum Gasteiger partial charge on any atom is 0.191 e. The summed E-state index contributed by atoms with van der Waals surface area (Å²) in [6.07, 6.45) is 8.88. The summed E-state index contributed by atoms with van der Waals surface area (Å²) in [6.45, 7) is 7.71. The Bertz CT molecular complexity index is 811. The van der Waals surface area contributed by atoms with Crippen molar-refractivity contribution in [3.63, 3.8) is 0 Å². The zero-order valence-electron chi connectivity index (χ0n) is 17.9. The minimum atomic E-state index is 0.490. The van der Waals surface area contributed by atoms with E-state index in [0.717, 1.165) is 41.7 Å². The number of hydrogen-bond donors (Lipinski definition) is 2. The summed E-state index contributed by atoms with van der Waals surface area (Å²) in [5, 5.41) is 6.70. The number of rotatable bonds is 8. The van der Waals surface area contributed by atoms with Crippen LogP contribution in [0.15, 0.2) is 60.2 Å². The van der Waals surface area contributed by atoms with Crippen molar-refractivity contribution >= 4 is 11.8 Å². The normalized spacial score (nSPS) is 14.7. The maximum absolute atomic E-state index is 5.72. The van der Waals surface area contributed by atoms with Crippen molar-refractivity contribution in [2.24, 2.45) is 4.99 Å². The summed E-state index contributed by atoms with van der Waals surface area (Å²) in [4.78, 5) is 11.4. The van der Waals surface area contributed by atoms with E-state index in [1.807, 2.05) is 30.5 Å². The van der Waals surface area contributed by atoms with Crippen molar-refractivity contribution in [1.29, 1.82) is 0 Å². The SMILES string of the molecule is C=CCOc1ccccc1CNC(=NC)NCc1ccc(N2CCCCCC2)nc1. The molecule has 160 valence electrons. The van der Waals surface area contributed by atoms with Crippen molar-refractivity contribution < 1.29 is 4.74 Å². The molecule has 0 radical (unpaired) electrons. The summed E-state index contributed by atoms with van der Waals surface area (Å²) in [5.41, 5.74) is 2.21. The first-order chi connectivity index (χ1) is 14.8. The fourth-order valence-electron chi connectivity index (χ4n) is 3.53. The minimum absolute atomic E-state index is 0.490. The van der Waals surface area contributed by atoms with Crippen molar-refractivity contribution in [3.05, 3.63) is 66.4 Å². The van der Waals surface area contributed by atoms with E-state index in [2.05, 4.69) is 44.2 Å². The van der Waals surface area contributed by atoms with Crippen LogP contribution in [0, 0.1) is 0 Å². The van der Waals surface area contributed by atoms with Crippen molar-refractivity contribution in [3.8, 4) is 5.75 Å². The number of pyridine rings is 1. The number of aliphatic imine (C=N–C) groups is 1. The van der Waals surface area contributed by atoms with Crippen LogP contribution in [-0.2, 0) is 13.1 Å². The van der Waals surface area contributed by atoms with Gasteiger partial charge >= 0.3 is 0 Å². The van der Waals surface area contributed by atoms with Crippen LogP contribution in [0.5, 0.6) is 5.75 Å². The van der Waals surface area contributed by atoms with Gasteiger partial charge in [-0.3, -0.25) is 4.99 Å². The number of aromatic nitrogens is 1. The van der Waals surface area contributed by atoms with E-state index in [1.54, 1.807) is 13.1 Å². The Kier molecular flexibility index (Phi) is 8.57. The van der Waals surface area contributed by atoms with Crippen LogP contribution < -0.4 is 20.3 Å². The first-order valence-corrected chi connectivity index (χ1v) is 10.8. The molecular formula is C24H33N5O. The Hall–Kier alpha value is -3.02. The second-order valence-electron chi connectivity index (χ2n) is 7.41. The lowest BCUT2D eigenvalue weighted by atomic mass is 10.2. The topological polar surface area (TPSA) is 61.8 Å². The van der Waals surface area contributed by atoms with Crippen LogP contribution in [0.2, 0.25) is 0 Å². The van der Waals surface area contributed by atoms with Crippen molar-refractivity contribution in [2.45, 2.75) is 38.8 Å². The molecule has 0 spiro atoms. The molecule has 1 aliphatic rings. The highest BCUT2D eigenvalue weighted by atomic mass is 16.5. The zero-order chi connectivity index (χ0) is 21.0. The van der Waals surface area contributed by atoms with E-state index in [9.17, 15) is 0 Å². The molecule has 1 saturated heterocycles. The van der Waals surface area contributed by atoms with Gasteiger partial charge in [0.25, 0.3) is 0 Å². The van der Waals surface area contributed by atoms with Gasteiger partial charge in [-0.2, -0.15) is 0 Å². The van der Waals surface area contributed by atoms with Crippen LogP contribution in [0.4, 0.5) is 5.82 Å². The molecule has 0 bridgehead atoms. The molecule has 2 heterocycles. The Morgan fingerprint density at radius 1 is 1.10 bits per heavy atom. The third-order valence-electron chi connectivity index (χ3n) is 5.20. The highest BCUT2D eigenvalue weighted by molar-refractivity contribution is 5.79. The number of guanidine groups is 1. The summed E-state index contributed by atoms with van der Waals surface area (Å²) >= 11 is 0. The first-order valence-electron chi connectivity index (χ1n) is 10.8. The quantitative estimate of drug-likeness (QED) is 0.395. The van der Waals surface area contributed by atoms with Gasteiger partial charge in [-0.05, 0) is 30.5 Å². The first kappa shape index (κ1) is 21.7. The molecule has 1 fully saturated rings. The highest BCUT2D eigenvalue weighted by Gasteiger charge is 2.11. The van der Waals surface area contributed by atoms with Gasteiger partial charge in [0.05, 0.1) is 0 Å². The van der Waals surface area contributed by atoms with Crippen LogP contribution in [0.1, 0.15) is 36.8 Å². The average Bonchev–Trinajstić information content (AvgIpc) is 3.08. The summed E-state index contributed by atoms with van der Waals surface area (Å²) < 4.78 is 5.72. The summed E-state index contributed by atoms with van der Waals surface area (Å²) in [7, 11) is 1.77. The molecule has 1 aliphatic heterocycles. The number of anilines is 1. The lowest BCUT2D eigenvalue weighted by Gasteiger charge is -2.21. The number of nitrogens with one attached hydrogen (secondary N) is 2. The molecular weight excluding hydrogens is 374 g/mol. The predicted octanol–water partition coefficient (Wildman–Crippen LogP) is 3.89. The number of para-hydroxylation sites is 1. The molecule has 3 rings (SSSR count). The molecule has 2 aromatic rings. The predicted molar refractivity (Wildman–Crippen MR) is 124 cm³/mol. The summed E-state index contributed by atoms with van der Waals surface area (Å²) in [6, 6.07) is 12.3. The van der Waals surface area contributed by atoms with Gasteiger partial charge in [0.15, 0.2) is 5.96 Å². The largest absolute Gasteiger partial charge is 0.489 e. The van der Waals surface area contributed by atoms with Crippen molar-refractivity contribution in [2.75, 3.05) is 31.6 Å². The van der Waals surface area contributed by atoms with Gasteiger partial charge in [-0.1, -0.05) is 49.8 Å². The average molecular weight is 408 g/mol. The third-order valence-corrected chi connectivity index (χ3v) is 5.20. The van der Waals surface area contributed by atoms with Gasteiger partial charge in [-0.15, -0.1) is 0 Å². The number of ether oxygens (including phenoxy) is 1. The molecule has 30 heavy (non-hydrogen) atoms. The number of nitrogens with zero attached hydrogens (tertiary/aromatic N) is 3.